The van der Waals surface area contributed by atoms with Gasteiger partial charge in [-0.25, -0.2) is 0 Å². The monoisotopic (exact) mass is 413 g/mol. The number of piperidine rings is 1. The van der Waals surface area contributed by atoms with E-state index in [0.717, 1.165) is 52.1 Å². The molecule has 5 nitrogen and oxygen atoms in total. The van der Waals surface area contributed by atoms with Crippen LogP contribution in [0.25, 0.3) is 0 Å². The first kappa shape index (κ1) is 20.5. The van der Waals surface area contributed by atoms with E-state index >= 15 is 0 Å². The van der Waals surface area contributed by atoms with Crippen LogP contribution in [0, 0.1) is 0 Å². The highest BCUT2D eigenvalue weighted by Gasteiger charge is 2.41. The second-order valence-corrected chi connectivity index (χ2v) is 9.14. The van der Waals surface area contributed by atoms with Crippen molar-refractivity contribution in [2.24, 2.45) is 0 Å². The lowest BCUT2D eigenvalue weighted by atomic mass is 9.89. The minimum atomic E-state index is -0.342. The van der Waals surface area contributed by atoms with Gasteiger partial charge in [0.15, 0.2) is 0 Å². The van der Waals surface area contributed by atoms with Crippen LogP contribution in [-0.2, 0) is 11.3 Å². The lowest BCUT2D eigenvalue weighted by Crippen LogP contribution is -2.58. The molecule has 156 valence electrons. The Balaban J connectivity index is 1.60. The third kappa shape index (κ3) is 4.72. The Labute approximate surface area is 177 Å². The van der Waals surface area contributed by atoms with Crippen LogP contribution in [-0.4, -0.2) is 70.6 Å². The van der Waals surface area contributed by atoms with E-state index in [4.69, 9.17) is 0 Å². The Morgan fingerprint density at radius 1 is 1.10 bits per heavy atom. The van der Waals surface area contributed by atoms with Crippen LogP contribution in [0.3, 0.4) is 0 Å². The predicted octanol–water partition coefficient (Wildman–Crippen LogP) is 2.98. The molecule has 3 heterocycles. The van der Waals surface area contributed by atoms with Crippen LogP contribution in [0.4, 0.5) is 0 Å². The van der Waals surface area contributed by atoms with E-state index in [-0.39, 0.29) is 24.1 Å². The van der Waals surface area contributed by atoms with Crippen LogP contribution in [0.2, 0.25) is 0 Å². The van der Waals surface area contributed by atoms with Gasteiger partial charge in [0.1, 0.15) is 0 Å². The minimum Gasteiger partial charge on any atom is -0.391 e. The fourth-order valence-electron chi connectivity index (χ4n) is 4.82. The number of piperazine rings is 1. The van der Waals surface area contributed by atoms with Gasteiger partial charge in [-0.3, -0.25) is 14.6 Å². The molecule has 2 aliphatic rings. The summed E-state index contributed by atoms with van der Waals surface area (Å²) in [5, 5.41) is 13.3. The molecule has 0 radical (unpaired) electrons. The first-order chi connectivity index (χ1) is 14.1. The van der Waals surface area contributed by atoms with Gasteiger partial charge in [0.25, 0.3) is 0 Å². The van der Waals surface area contributed by atoms with E-state index in [2.05, 4.69) is 57.6 Å². The van der Waals surface area contributed by atoms with Gasteiger partial charge in [0.2, 0.25) is 5.91 Å². The summed E-state index contributed by atoms with van der Waals surface area (Å²) in [6.07, 6.45) is 1.54. The highest BCUT2D eigenvalue weighted by molar-refractivity contribution is 7.10. The summed E-state index contributed by atoms with van der Waals surface area (Å²) < 4.78 is 0. The molecule has 2 fully saturated rings. The number of carbonyl (C=O) groups excluding carboxylic acids is 1. The van der Waals surface area contributed by atoms with Crippen molar-refractivity contribution in [3.05, 3.63) is 58.3 Å². The molecule has 0 saturated carbocycles. The minimum absolute atomic E-state index is 0.0616. The fourth-order valence-corrected chi connectivity index (χ4v) is 5.72. The van der Waals surface area contributed by atoms with Gasteiger partial charge in [0.05, 0.1) is 18.2 Å². The summed E-state index contributed by atoms with van der Waals surface area (Å²) in [5.74, 6) is 0.153. The molecule has 1 aromatic carbocycles. The highest BCUT2D eigenvalue weighted by atomic mass is 32.1. The number of benzene rings is 1. The second-order valence-electron chi connectivity index (χ2n) is 8.16. The molecule has 0 aliphatic carbocycles. The Hall–Kier alpha value is -1.73. The highest BCUT2D eigenvalue weighted by Crippen LogP contribution is 2.37. The molecular weight excluding hydrogens is 382 g/mol. The number of carbonyl (C=O) groups is 1. The Morgan fingerprint density at radius 3 is 2.52 bits per heavy atom. The number of amides is 1. The molecule has 29 heavy (non-hydrogen) atoms. The zero-order valence-electron chi connectivity index (χ0n) is 17.1. The average molecular weight is 414 g/mol. The number of rotatable bonds is 5. The third-order valence-corrected chi connectivity index (χ3v) is 7.24. The van der Waals surface area contributed by atoms with Crippen LogP contribution < -0.4 is 0 Å². The largest absolute Gasteiger partial charge is 0.391 e. The topological polar surface area (TPSA) is 47.0 Å². The van der Waals surface area contributed by atoms with Crippen LogP contribution >= 0.6 is 11.3 Å². The van der Waals surface area contributed by atoms with Crippen molar-refractivity contribution in [2.45, 2.75) is 44.5 Å². The smallest absolute Gasteiger partial charge is 0.219 e. The fraction of sp³-hybridized carbons (Fsp3) is 0.522. The summed E-state index contributed by atoms with van der Waals surface area (Å²) >= 11 is 1.78. The first-order valence-corrected chi connectivity index (χ1v) is 11.5. The molecule has 0 bridgehead atoms. The Kier molecular flexibility index (Phi) is 6.65. The summed E-state index contributed by atoms with van der Waals surface area (Å²) in [5.41, 5.74) is 1.29. The Bertz CT molecular complexity index is 775. The molecule has 2 aromatic rings. The number of hydrogen-bond donors (Lipinski definition) is 1. The van der Waals surface area contributed by atoms with Gasteiger partial charge in [-0.15, -0.1) is 11.3 Å². The van der Waals surface area contributed by atoms with E-state index in [1.54, 1.807) is 18.3 Å². The van der Waals surface area contributed by atoms with Crippen molar-refractivity contribution in [1.29, 1.82) is 0 Å². The summed E-state index contributed by atoms with van der Waals surface area (Å²) in [7, 11) is 0. The summed E-state index contributed by atoms with van der Waals surface area (Å²) in [4.78, 5) is 20.0. The number of thiophene rings is 1. The lowest BCUT2D eigenvalue weighted by Gasteiger charge is -2.48. The summed E-state index contributed by atoms with van der Waals surface area (Å²) in [6.45, 7) is 6.75. The molecule has 1 aromatic heterocycles. The van der Waals surface area contributed by atoms with Gasteiger partial charge in [-0.1, -0.05) is 36.4 Å². The standard InChI is InChI=1S/C23H31N3O2S/c1-18(27)24-12-14-25(15-13-24)23(21-10-6-16-29-21)22-20(28)9-5-11-26(22)17-19-7-3-2-4-8-19/h2-4,6-8,10,16,20,22-23,28H,5,9,11-15,17H2,1H3. The molecule has 2 aliphatic heterocycles. The number of likely N-dealkylation sites (tertiary alicyclic amines) is 1. The third-order valence-electron chi connectivity index (χ3n) is 6.30. The van der Waals surface area contributed by atoms with Gasteiger partial charge < -0.3 is 10.0 Å². The number of hydrogen-bond acceptors (Lipinski definition) is 5. The number of aliphatic hydroxyl groups is 1. The van der Waals surface area contributed by atoms with Gasteiger partial charge >= 0.3 is 0 Å². The normalized spacial score (nSPS) is 25.1. The van der Waals surface area contributed by atoms with E-state index in [1.807, 2.05) is 4.90 Å². The van der Waals surface area contributed by atoms with Gasteiger partial charge in [-0.2, -0.15) is 0 Å². The van der Waals surface area contributed by atoms with Gasteiger partial charge in [-0.05, 0) is 36.4 Å². The van der Waals surface area contributed by atoms with Crippen LogP contribution in [0.15, 0.2) is 47.8 Å². The van der Waals surface area contributed by atoms with Crippen molar-refractivity contribution in [2.75, 3.05) is 32.7 Å². The molecule has 6 heteroatoms. The maximum Gasteiger partial charge on any atom is 0.219 e. The van der Waals surface area contributed by atoms with Crippen LogP contribution in [0.5, 0.6) is 0 Å². The number of aliphatic hydroxyl groups excluding tert-OH is 1. The molecule has 1 N–H and O–H groups in total. The Morgan fingerprint density at radius 2 is 1.86 bits per heavy atom. The average Bonchev–Trinajstić information content (AvgIpc) is 3.26. The quantitative estimate of drug-likeness (QED) is 0.819. The maximum atomic E-state index is 11.8. The van der Waals surface area contributed by atoms with Crippen LogP contribution in [0.1, 0.15) is 36.2 Å². The van der Waals surface area contributed by atoms with Crippen molar-refractivity contribution in [3.8, 4) is 0 Å². The van der Waals surface area contributed by atoms with Gasteiger partial charge in [0, 0.05) is 44.5 Å². The predicted molar refractivity (Wildman–Crippen MR) is 117 cm³/mol. The zero-order chi connectivity index (χ0) is 20.2. The second kappa shape index (κ2) is 9.39. The molecule has 4 rings (SSSR count). The first-order valence-electron chi connectivity index (χ1n) is 10.6. The van der Waals surface area contributed by atoms with E-state index in [0.29, 0.717) is 0 Å². The molecular formula is C23H31N3O2S. The molecule has 3 unspecified atom stereocenters. The van der Waals surface area contributed by atoms with E-state index < -0.39 is 0 Å². The van der Waals surface area contributed by atoms with E-state index in [9.17, 15) is 9.90 Å². The van der Waals surface area contributed by atoms with E-state index in [1.165, 1.54) is 10.4 Å². The van der Waals surface area contributed by atoms with Crippen molar-refractivity contribution < 1.29 is 9.90 Å². The SMILES string of the molecule is CC(=O)N1CCN(C(c2cccs2)C2C(O)CCCN2Cc2ccccc2)CC1. The maximum absolute atomic E-state index is 11.8. The van der Waals surface area contributed by atoms with Crippen molar-refractivity contribution in [3.63, 3.8) is 0 Å². The number of nitrogens with zero attached hydrogens (tertiary/aromatic N) is 3. The van der Waals surface area contributed by atoms with Crippen molar-refractivity contribution in [1.82, 2.24) is 14.7 Å². The van der Waals surface area contributed by atoms with Crippen molar-refractivity contribution >= 4 is 17.2 Å². The molecule has 3 atom stereocenters. The molecule has 2 saturated heterocycles. The molecule has 1 amide bonds. The lowest BCUT2D eigenvalue weighted by molar-refractivity contribution is -0.131. The zero-order valence-corrected chi connectivity index (χ0v) is 17.9. The summed E-state index contributed by atoms with van der Waals surface area (Å²) in [6, 6.07) is 15.1. The molecule has 0 spiro atoms.